The van der Waals surface area contributed by atoms with Crippen LogP contribution in [0.2, 0.25) is 0 Å². The highest BCUT2D eigenvalue weighted by Crippen LogP contribution is 2.24. The number of rotatable bonds is 7. The van der Waals surface area contributed by atoms with Crippen LogP contribution < -0.4 is 15.5 Å². The van der Waals surface area contributed by atoms with E-state index in [2.05, 4.69) is 25.9 Å². The van der Waals surface area contributed by atoms with E-state index in [0.717, 1.165) is 54.9 Å². The smallest absolute Gasteiger partial charge is 0.191 e. The summed E-state index contributed by atoms with van der Waals surface area (Å²) in [6.07, 6.45) is 3.39. The van der Waals surface area contributed by atoms with E-state index in [1.807, 2.05) is 13.0 Å². The van der Waals surface area contributed by atoms with Gasteiger partial charge in [0.2, 0.25) is 0 Å². The van der Waals surface area contributed by atoms with Gasteiger partial charge in [-0.1, -0.05) is 12.1 Å². The van der Waals surface area contributed by atoms with E-state index in [1.165, 1.54) is 25.0 Å². The van der Waals surface area contributed by atoms with Crippen molar-refractivity contribution in [3.8, 4) is 0 Å². The first-order chi connectivity index (χ1) is 12.7. The molecule has 0 amide bonds. The second kappa shape index (κ2) is 9.52. The van der Waals surface area contributed by atoms with Crippen molar-refractivity contribution in [2.75, 3.05) is 31.1 Å². The zero-order valence-electron chi connectivity index (χ0n) is 15.2. The minimum atomic E-state index is -0.229. The lowest BCUT2D eigenvalue weighted by molar-refractivity contribution is 0.625. The first-order valence-electron chi connectivity index (χ1n) is 9.20. The fourth-order valence-electron chi connectivity index (χ4n) is 2.92. The molecule has 1 aromatic heterocycles. The second-order valence-electron chi connectivity index (χ2n) is 6.32. The Morgan fingerprint density at radius 3 is 2.92 bits per heavy atom. The number of nitrogens with zero attached hydrogens (tertiary/aromatic N) is 3. The summed E-state index contributed by atoms with van der Waals surface area (Å²) < 4.78 is 13.3. The maximum absolute atomic E-state index is 13.3. The summed E-state index contributed by atoms with van der Waals surface area (Å²) in [7, 11) is 0. The average Bonchev–Trinajstić information content (AvgIpc) is 3.31. The van der Waals surface area contributed by atoms with Gasteiger partial charge in [-0.05, 0) is 37.5 Å². The van der Waals surface area contributed by atoms with Gasteiger partial charge in [-0.25, -0.2) is 14.4 Å². The molecule has 3 rings (SSSR count). The van der Waals surface area contributed by atoms with Crippen molar-refractivity contribution in [3.63, 3.8) is 0 Å². The molecule has 0 aliphatic carbocycles. The molecule has 140 valence electrons. The van der Waals surface area contributed by atoms with Crippen LogP contribution >= 0.6 is 11.3 Å². The molecular weight excluding hydrogens is 349 g/mol. The molecule has 0 saturated carbocycles. The Kier molecular flexibility index (Phi) is 6.82. The Morgan fingerprint density at radius 1 is 1.31 bits per heavy atom. The number of hydrogen-bond acceptors (Lipinski definition) is 4. The molecule has 2 aromatic rings. The predicted molar refractivity (Wildman–Crippen MR) is 106 cm³/mol. The van der Waals surface area contributed by atoms with Crippen molar-refractivity contribution in [1.29, 1.82) is 0 Å². The number of thiazole rings is 1. The summed E-state index contributed by atoms with van der Waals surface area (Å²) in [6, 6.07) is 6.55. The van der Waals surface area contributed by atoms with Gasteiger partial charge in [-0.2, -0.15) is 0 Å². The van der Waals surface area contributed by atoms with E-state index in [-0.39, 0.29) is 5.82 Å². The molecule has 26 heavy (non-hydrogen) atoms. The predicted octanol–water partition coefficient (Wildman–Crippen LogP) is 3.18. The number of nitrogens with one attached hydrogen (secondary N) is 2. The number of benzene rings is 1. The van der Waals surface area contributed by atoms with Gasteiger partial charge < -0.3 is 15.5 Å². The van der Waals surface area contributed by atoms with Crippen LogP contribution in [0.3, 0.4) is 0 Å². The monoisotopic (exact) mass is 375 g/mol. The summed E-state index contributed by atoms with van der Waals surface area (Å²) in [6.45, 7) is 6.28. The van der Waals surface area contributed by atoms with Crippen LogP contribution in [0.4, 0.5) is 9.52 Å². The molecule has 0 atom stereocenters. The number of guanidine groups is 1. The van der Waals surface area contributed by atoms with Crippen molar-refractivity contribution in [2.45, 2.75) is 32.7 Å². The molecular formula is C19H26FN5S. The molecule has 2 heterocycles. The largest absolute Gasteiger partial charge is 0.357 e. The Bertz CT molecular complexity index is 724. The first kappa shape index (κ1) is 18.6. The van der Waals surface area contributed by atoms with Crippen molar-refractivity contribution >= 4 is 22.4 Å². The van der Waals surface area contributed by atoms with Gasteiger partial charge in [-0.15, -0.1) is 11.3 Å². The van der Waals surface area contributed by atoms with Crippen LogP contribution in [-0.2, 0) is 13.0 Å². The lowest BCUT2D eigenvalue weighted by atomic mass is 10.2. The quantitative estimate of drug-likeness (QED) is 0.576. The fourth-order valence-corrected chi connectivity index (χ4v) is 3.83. The Labute approximate surface area is 158 Å². The van der Waals surface area contributed by atoms with Crippen LogP contribution in [0.5, 0.6) is 0 Å². The van der Waals surface area contributed by atoms with E-state index < -0.39 is 0 Å². The topological polar surface area (TPSA) is 52.6 Å². The van der Waals surface area contributed by atoms with E-state index in [1.54, 1.807) is 17.4 Å². The first-order valence-corrected chi connectivity index (χ1v) is 10.1. The number of anilines is 1. The third-order valence-corrected chi connectivity index (χ3v) is 5.19. The molecule has 1 aromatic carbocycles. The molecule has 5 nitrogen and oxygen atoms in total. The molecule has 1 saturated heterocycles. The van der Waals surface area contributed by atoms with E-state index >= 15 is 0 Å². The summed E-state index contributed by atoms with van der Waals surface area (Å²) in [4.78, 5) is 11.6. The van der Waals surface area contributed by atoms with Crippen molar-refractivity contribution < 1.29 is 4.39 Å². The van der Waals surface area contributed by atoms with Gasteiger partial charge in [0, 0.05) is 38.0 Å². The SMILES string of the molecule is CCNC(=NCc1cccc(F)c1)NCCc1csc(N2CCCC2)n1. The van der Waals surface area contributed by atoms with Crippen LogP contribution in [-0.4, -0.2) is 37.1 Å². The van der Waals surface area contributed by atoms with Gasteiger partial charge in [0.25, 0.3) is 0 Å². The minimum absolute atomic E-state index is 0.229. The standard InChI is InChI=1S/C19H26FN5S/c1-2-21-18(23-13-15-6-5-7-16(20)12-15)22-9-8-17-14-26-19(24-17)25-10-3-4-11-25/h5-7,12,14H,2-4,8-11,13H2,1H3,(H2,21,22,23). The van der Waals surface area contributed by atoms with Crippen molar-refractivity contribution in [2.24, 2.45) is 4.99 Å². The normalized spacial score (nSPS) is 14.7. The van der Waals surface area contributed by atoms with Gasteiger partial charge in [0.05, 0.1) is 12.2 Å². The maximum atomic E-state index is 13.3. The molecule has 1 fully saturated rings. The number of hydrogen-bond donors (Lipinski definition) is 2. The average molecular weight is 376 g/mol. The zero-order chi connectivity index (χ0) is 18.2. The molecule has 7 heteroatoms. The summed E-state index contributed by atoms with van der Waals surface area (Å²) in [5.41, 5.74) is 1.97. The number of halogens is 1. The van der Waals surface area contributed by atoms with E-state index in [0.29, 0.717) is 6.54 Å². The van der Waals surface area contributed by atoms with Crippen molar-refractivity contribution in [3.05, 3.63) is 46.7 Å². The highest BCUT2D eigenvalue weighted by molar-refractivity contribution is 7.13. The number of aromatic nitrogens is 1. The molecule has 0 spiro atoms. The molecule has 1 aliphatic heterocycles. The lowest BCUT2D eigenvalue weighted by Crippen LogP contribution is -2.38. The fraction of sp³-hybridized carbons (Fsp3) is 0.474. The van der Waals surface area contributed by atoms with Gasteiger partial charge in [0.15, 0.2) is 11.1 Å². The van der Waals surface area contributed by atoms with Crippen LogP contribution in [0.25, 0.3) is 0 Å². The van der Waals surface area contributed by atoms with Crippen LogP contribution in [0, 0.1) is 5.82 Å². The Morgan fingerprint density at radius 2 is 2.15 bits per heavy atom. The van der Waals surface area contributed by atoms with E-state index in [4.69, 9.17) is 4.98 Å². The second-order valence-corrected chi connectivity index (χ2v) is 7.15. The lowest BCUT2D eigenvalue weighted by Gasteiger charge is -2.12. The highest BCUT2D eigenvalue weighted by atomic mass is 32.1. The third kappa shape index (κ3) is 5.42. The molecule has 2 N–H and O–H groups in total. The highest BCUT2D eigenvalue weighted by Gasteiger charge is 2.15. The molecule has 0 bridgehead atoms. The molecule has 0 radical (unpaired) electrons. The summed E-state index contributed by atoms with van der Waals surface area (Å²) in [5.74, 6) is 0.514. The van der Waals surface area contributed by atoms with Crippen molar-refractivity contribution in [1.82, 2.24) is 15.6 Å². The minimum Gasteiger partial charge on any atom is -0.357 e. The summed E-state index contributed by atoms with van der Waals surface area (Å²) >= 11 is 1.73. The zero-order valence-corrected chi connectivity index (χ0v) is 16.0. The number of aliphatic imine (C=N–C) groups is 1. The Hall–Kier alpha value is -2.15. The molecule has 0 unspecified atom stereocenters. The van der Waals surface area contributed by atoms with Crippen LogP contribution in [0.1, 0.15) is 31.0 Å². The van der Waals surface area contributed by atoms with Gasteiger partial charge >= 0.3 is 0 Å². The Balaban J connectivity index is 1.49. The third-order valence-electron chi connectivity index (χ3n) is 4.24. The molecule has 1 aliphatic rings. The van der Waals surface area contributed by atoms with Gasteiger partial charge in [0.1, 0.15) is 5.82 Å². The van der Waals surface area contributed by atoms with Gasteiger partial charge in [-0.3, -0.25) is 0 Å². The van der Waals surface area contributed by atoms with Crippen LogP contribution in [0.15, 0.2) is 34.6 Å². The van der Waals surface area contributed by atoms with E-state index in [9.17, 15) is 4.39 Å². The summed E-state index contributed by atoms with van der Waals surface area (Å²) in [5, 5.41) is 9.84. The maximum Gasteiger partial charge on any atom is 0.191 e.